The third-order valence-electron chi connectivity index (χ3n) is 3.42. The Bertz CT molecular complexity index is 806. The van der Waals surface area contributed by atoms with E-state index in [4.69, 9.17) is 5.73 Å². The van der Waals surface area contributed by atoms with E-state index in [1.807, 2.05) is 17.5 Å². The van der Waals surface area contributed by atoms with E-state index in [0.717, 1.165) is 16.3 Å². The number of nitrogens with zero attached hydrogens (tertiary/aromatic N) is 1. The molecule has 3 rings (SSSR count). The molecule has 0 saturated carbocycles. The molecule has 0 bridgehead atoms. The Balaban J connectivity index is 1.77. The first-order chi connectivity index (χ1) is 10.6. The quantitative estimate of drug-likeness (QED) is 0.582. The second kappa shape index (κ2) is 6.12. The molecule has 0 unspecified atom stereocenters. The monoisotopic (exact) mass is 308 g/mol. The Morgan fingerprint density at radius 2 is 1.95 bits per heavy atom. The van der Waals surface area contributed by atoms with Gasteiger partial charge in [-0.05, 0) is 19.1 Å². The molecule has 0 saturated heterocycles. The van der Waals surface area contributed by atoms with Gasteiger partial charge in [0.2, 0.25) is 0 Å². The first-order valence-electron chi connectivity index (χ1n) is 7.02. The predicted octanol–water partition coefficient (Wildman–Crippen LogP) is 4.13. The molecule has 2 aromatic carbocycles. The largest absolute Gasteiger partial charge is 0.399 e. The van der Waals surface area contributed by atoms with Crippen LogP contribution in [0.15, 0.2) is 53.9 Å². The highest BCUT2D eigenvalue weighted by Gasteiger charge is 2.11. The summed E-state index contributed by atoms with van der Waals surface area (Å²) in [6.07, 6.45) is 0.306. The van der Waals surface area contributed by atoms with Gasteiger partial charge in [-0.1, -0.05) is 42.0 Å². The van der Waals surface area contributed by atoms with Gasteiger partial charge in [-0.25, -0.2) is 4.98 Å². The summed E-state index contributed by atoms with van der Waals surface area (Å²) < 4.78 is 0. The number of aromatic nitrogens is 1. The number of thiazole rings is 1. The van der Waals surface area contributed by atoms with Crippen LogP contribution in [0.4, 0.5) is 5.69 Å². The summed E-state index contributed by atoms with van der Waals surface area (Å²) in [6.45, 7) is 2.06. The lowest BCUT2D eigenvalue weighted by Gasteiger charge is -2.00. The van der Waals surface area contributed by atoms with Crippen LogP contribution < -0.4 is 5.73 Å². The molecule has 110 valence electrons. The molecular weight excluding hydrogens is 292 g/mol. The number of Topliss-reactive ketones (excluding diaryl/α,β-unsaturated/α-hetero) is 1. The van der Waals surface area contributed by atoms with Crippen LogP contribution in [-0.2, 0) is 6.42 Å². The molecule has 1 aromatic heterocycles. The second-order valence-corrected chi connectivity index (χ2v) is 6.16. The van der Waals surface area contributed by atoms with Crippen molar-refractivity contribution >= 4 is 22.8 Å². The Hall–Kier alpha value is -2.46. The van der Waals surface area contributed by atoms with Crippen LogP contribution in [0, 0.1) is 6.92 Å². The minimum atomic E-state index is 0.0390. The van der Waals surface area contributed by atoms with E-state index in [1.54, 1.807) is 24.3 Å². The van der Waals surface area contributed by atoms with E-state index in [1.165, 1.54) is 16.9 Å². The minimum Gasteiger partial charge on any atom is -0.399 e. The summed E-state index contributed by atoms with van der Waals surface area (Å²) in [5.41, 5.74) is 10.2. The van der Waals surface area contributed by atoms with Gasteiger partial charge in [0.1, 0.15) is 5.01 Å². The molecule has 0 aliphatic heterocycles. The summed E-state index contributed by atoms with van der Waals surface area (Å²) in [5, 5.41) is 2.81. The van der Waals surface area contributed by atoms with E-state index in [0.29, 0.717) is 17.7 Å². The topological polar surface area (TPSA) is 56.0 Å². The Labute approximate surface area is 133 Å². The van der Waals surface area contributed by atoms with Crippen LogP contribution >= 0.6 is 11.3 Å². The maximum Gasteiger partial charge on any atom is 0.169 e. The number of hydrogen-bond donors (Lipinski definition) is 1. The van der Waals surface area contributed by atoms with Crippen molar-refractivity contribution in [3.8, 4) is 11.3 Å². The van der Waals surface area contributed by atoms with Gasteiger partial charge in [0.05, 0.1) is 12.1 Å². The van der Waals surface area contributed by atoms with Crippen molar-refractivity contribution in [1.29, 1.82) is 0 Å². The van der Waals surface area contributed by atoms with E-state index >= 15 is 0 Å². The average Bonchev–Trinajstić information content (AvgIpc) is 2.96. The van der Waals surface area contributed by atoms with Gasteiger partial charge in [-0.15, -0.1) is 11.3 Å². The van der Waals surface area contributed by atoms with Crippen molar-refractivity contribution in [1.82, 2.24) is 4.98 Å². The number of anilines is 1. The summed E-state index contributed by atoms with van der Waals surface area (Å²) in [5.74, 6) is 0.0390. The highest BCUT2D eigenvalue weighted by molar-refractivity contribution is 7.10. The Morgan fingerprint density at radius 1 is 1.18 bits per heavy atom. The molecule has 0 fully saturated rings. The molecule has 0 aliphatic rings. The second-order valence-electron chi connectivity index (χ2n) is 5.22. The Morgan fingerprint density at radius 3 is 2.68 bits per heavy atom. The molecule has 3 nitrogen and oxygen atoms in total. The standard InChI is InChI=1S/C18H16N2OS/c1-12-5-7-13(8-6-12)16-11-22-18(20-16)10-17(21)14-3-2-4-15(19)9-14/h2-9,11H,10,19H2,1H3. The number of hydrogen-bond acceptors (Lipinski definition) is 4. The lowest BCUT2D eigenvalue weighted by atomic mass is 10.1. The summed E-state index contributed by atoms with van der Waals surface area (Å²) in [6, 6.07) is 15.3. The van der Waals surface area contributed by atoms with Gasteiger partial charge in [0.25, 0.3) is 0 Å². The lowest BCUT2D eigenvalue weighted by molar-refractivity contribution is 0.0993. The molecular formula is C18H16N2OS. The van der Waals surface area contributed by atoms with Crippen LogP contribution in [0.2, 0.25) is 0 Å². The van der Waals surface area contributed by atoms with Crippen molar-refractivity contribution in [2.24, 2.45) is 0 Å². The molecule has 3 aromatic rings. The van der Waals surface area contributed by atoms with Crippen LogP contribution in [0.25, 0.3) is 11.3 Å². The molecule has 0 spiro atoms. The fraction of sp³-hybridized carbons (Fsp3) is 0.111. The highest BCUT2D eigenvalue weighted by atomic mass is 32.1. The number of ketones is 1. The molecule has 4 heteroatoms. The van der Waals surface area contributed by atoms with Crippen molar-refractivity contribution in [3.05, 3.63) is 70.0 Å². The summed E-state index contributed by atoms with van der Waals surface area (Å²) >= 11 is 1.51. The third kappa shape index (κ3) is 3.23. The SMILES string of the molecule is Cc1ccc(-c2csc(CC(=O)c3cccc(N)c3)n2)cc1. The summed E-state index contributed by atoms with van der Waals surface area (Å²) in [4.78, 5) is 16.8. The van der Waals surface area contributed by atoms with Crippen molar-refractivity contribution in [2.45, 2.75) is 13.3 Å². The smallest absolute Gasteiger partial charge is 0.169 e. The van der Waals surface area contributed by atoms with Crippen molar-refractivity contribution in [3.63, 3.8) is 0 Å². The lowest BCUT2D eigenvalue weighted by Crippen LogP contribution is -2.03. The zero-order chi connectivity index (χ0) is 15.5. The molecule has 22 heavy (non-hydrogen) atoms. The normalized spacial score (nSPS) is 10.6. The molecule has 1 heterocycles. The van der Waals surface area contributed by atoms with E-state index in [2.05, 4.69) is 24.0 Å². The first kappa shape index (κ1) is 14.5. The van der Waals surface area contributed by atoms with Crippen LogP contribution in [0.3, 0.4) is 0 Å². The predicted molar refractivity (Wildman–Crippen MR) is 91.2 cm³/mol. The van der Waals surface area contributed by atoms with Crippen LogP contribution in [-0.4, -0.2) is 10.8 Å². The fourth-order valence-corrected chi connectivity index (χ4v) is 3.00. The van der Waals surface area contributed by atoms with Gasteiger partial charge in [-0.3, -0.25) is 4.79 Å². The van der Waals surface area contributed by atoms with Gasteiger partial charge in [0, 0.05) is 22.2 Å². The van der Waals surface area contributed by atoms with Gasteiger partial charge in [-0.2, -0.15) is 0 Å². The molecule has 2 N–H and O–H groups in total. The van der Waals surface area contributed by atoms with Crippen LogP contribution in [0.1, 0.15) is 20.9 Å². The van der Waals surface area contributed by atoms with Crippen LogP contribution in [0.5, 0.6) is 0 Å². The summed E-state index contributed by atoms with van der Waals surface area (Å²) in [7, 11) is 0. The molecule has 0 amide bonds. The number of aryl methyl sites for hydroxylation is 1. The zero-order valence-corrected chi connectivity index (χ0v) is 13.1. The Kier molecular flexibility index (Phi) is 4.02. The number of nitrogen functional groups attached to an aromatic ring is 1. The number of carbonyl (C=O) groups excluding carboxylic acids is 1. The minimum absolute atomic E-state index is 0.0390. The van der Waals surface area contributed by atoms with E-state index in [-0.39, 0.29) is 5.78 Å². The van der Waals surface area contributed by atoms with Gasteiger partial charge < -0.3 is 5.73 Å². The molecule has 0 radical (unpaired) electrons. The van der Waals surface area contributed by atoms with Gasteiger partial charge >= 0.3 is 0 Å². The maximum absolute atomic E-state index is 12.3. The van der Waals surface area contributed by atoms with Gasteiger partial charge in [0.15, 0.2) is 5.78 Å². The molecule has 0 aliphatic carbocycles. The number of rotatable bonds is 4. The maximum atomic E-state index is 12.3. The van der Waals surface area contributed by atoms with Crippen molar-refractivity contribution in [2.75, 3.05) is 5.73 Å². The van der Waals surface area contributed by atoms with Crippen molar-refractivity contribution < 1.29 is 4.79 Å². The zero-order valence-electron chi connectivity index (χ0n) is 12.2. The number of carbonyl (C=O) groups is 1. The number of nitrogens with two attached hydrogens (primary N) is 1. The third-order valence-corrected chi connectivity index (χ3v) is 4.27. The molecule has 0 atom stereocenters. The highest BCUT2D eigenvalue weighted by Crippen LogP contribution is 2.23. The first-order valence-corrected chi connectivity index (χ1v) is 7.90. The number of benzene rings is 2. The van der Waals surface area contributed by atoms with E-state index in [9.17, 15) is 4.79 Å². The van der Waals surface area contributed by atoms with E-state index < -0.39 is 0 Å². The fourth-order valence-electron chi connectivity index (χ4n) is 2.20. The average molecular weight is 308 g/mol.